The van der Waals surface area contributed by atoms with E-state index in [-0.39, 0.29) is 11.9 Å². The molecule has 0 bridgehead atoms. The van der Waals surface area contributed by atoms with Gasteiger partial charge < -0.3 is 20.4 Å². The molecule has 1 amide bonds. The predicted octanol–water partition coefficient (Wildman–Crippen LogP) is 0.274. The third kappa shape index (κ3) is 4.92. The van der Waals surface area contributed by atoms with Crippen LogP contribution in [0.25, 0.3) is 0 Å². The lowest BCUT2D eigenvalue weighted by molar-refractivity contribution is 0.0908. The van der Waals surface area contributed by atoms with Gasteiger partial charge in [0.2, 0.25) is 5.95 Å². The van der Waals surface area contributed by atoms with E-state index < -0.39 is 0 Å². The topological polar surface area (TPSA) is 73.4 Å². The summed E-state index contributed by atoms with van der Waals surface area (Å²) in [7, 11) is 5.93. The number of nitrogens with zero attached hydrogens (tertiary/aromatic N) is 4. The van der Waals surface area contributed by atoms with Crippen molar-refractivity contribution in [3.8, 4) is 0 Å². The Morgan fingerprint density at radius 1 is 1.32 bits per heavy atom. The maximum atomic E-state index is 12.2. The molecule has 1 fully saturated rings. The van der Waals surface area contributed by atoms with Gasteiger partial charge in [-0.25, -0.2) is 9.97 Å². The van der Waals surface area contributed by atoms with Crippen molar-refractivity contribution in [2.75, 3.05) is 52.6 Å². The van der Waals surface area contributed by atoms with Crippen LogP contribution in [0.2, 0.25) is 0 Å². The van der Waals surface area contributed by atoms with Gasteiger partial charge >= 0.3 is 0 Å². The molecule has 2 heterocycles. The summed E-state index contributed by atoms with van der Waals surface area (Å²) in [5.74, 6) is 0.431. The fourth-order valence-corrected chi connectivity index (χ4v) is 2.49. The minimum Gasteiger partial charge on any atom is -0.357 e. The predicted molar refractivity (Wildman–Crippen MR) is 87.1 cm³/mol. The maximum Gasteiger partial charge on any atom is 0.254 e. The molecule has 0 aromatic carbocycles. The third-order valence-corrected chi connectivity index (χ3v) is 3.92. The number of hydrogen-bond donors (Lipinski definition) is 2. The van der Waals surface area contributed by atoms with Gasteiger partial charge in [0.15, 0.2) is 0 Å². The summed E-state index contributed by atoms with van der Waals surface area (Å²) in [5, 5.41) is 5.92. The number of amides is 1. The summed E-state index contributed by atoms with van der Waals surface area (Å²) >= 11 is 0. The summed E-state index contributed by atoms with van der Waals surface area (Å²) < 4.78 is 0. The normalized spacial score (nSPS) is 16.7. The fraction of sp³-hybridized carbons (Fsp3) is 0.667. The molecule has 0 spiro atoms. The van der Waals surface area contributed by atoms with Gasteiger partial charge in [-0.15, -0.1) is 0 Å². The van der Waals surface area contributed by atoms with Crippen molar-refractivity contribution in [3.63, 3.8) is 0 Å². The first kappa shape index (κ1) is 16.6. The number of nitrogens with one attached hydrogen (secondary N) is 2. The average Bonchev–Trinajstić information content (AvgIpc) is 2.54. The summed E-state index contributed by atoms with van der Waals surface area (Å²) in [4.78, 5) is 25.0. The van der Waals surface area contributed by atoms with E-state index in [2.05, 4.69) is 44.5 Å². The number of piperidine rings is 1. The smallest absolute Gasteiger partial charge is 0.254 e. The number of rotatable bonds is 6. The van der Waals surface area contributed by atoms with Crippen LogP contribution < -0.4 is 10.6 Å². The Morgan fingerprint density at radius 2 is 1.95 bits per heavy atom. The largest absolute Gasteiger partial charge is 0.357 e. The van der Waals surface area contributed by atoms with Crippen molar-refractivity contribution < 1.29 is 4.79 Å². The van der Waals surface area contributed by atoms with Crippen LogP contribution in [-0.2, 0) is 0 Å². The van der Waals surface area contributed by atoms with Crippen LogP contribution in [0, 0.1) is 0 Å². The number of likely N-dealkylation sites (N-methyl/N-ethyl adjacent to an activating group) is 1. The third-order valence-electron chi connectivity index (χ3n) is 3.92. The molecule has 2 N–H and O–H groups in total. The SMILES string of the molecule is CNc1ncc(C(=O)NC2CCN(CCN(C)C)CC2)cn1. The highest BCUT2D eigenvalue weighted by atomic mass is 16.1. The number of hydrogen-bond acceptors (Lipinski definition) is 6. The van der Waals surface area contributed by atoms with Crippen LogP contribution in [0.3, 0.4) is 0 Å². The van der Waals surface area contributed by atoms with Gasteiger partial charge in [0, 0.05) is 51.7 Å². The lowest BCUT2D eigenvalue weighted by atomic mass is 10.0. The number of carbonyl (C=O) groups excluding carboxylic acids is 1. The fourth-order valence-electron chi connectivity index (χ4n) is 2.49. The molecule has 0 saturated carbocycles. The van der Waals surface area contributed by atoms with Crippen LogP contribution in [0.4, 0.5) is 5.95 Å². The average molecular weight is 306 g/mol. The lowest BCUT2D eigenvalue weighted by Gasteiger charge is -2.32. The van der Waals surface area contributed by atoms with E-state index in [1.54, 1.807) is 19.4 Å². The van der Waals surface area contributed by atoms with Crippen LogP contribution in [0.15, 0.2) is 12.4 Å². The molecule has 0 aliphatic carbocycles. The highest BCUT2D eigenvalue weighted by molar-refractivity contribution is 5.93. The van der Waals surface area contributed by atoms with E-state index in [9.17, 15) is 4.79 Å². The van der Waals surface area contributed by atoms with Gasteiger partial charge in [-0.3, -0.25) is 4.79 Å². The molecule has 7 heteroatoms. The molecule has 1 aliphatic heterocycles. The molecule has 7 nitrogen and oxygen atoms in total. The first-order valence-corrected chi connectivity index (χ1v) is 7.76. The Bertz CT molecular complexity index is 467. The van der Waals surface area contributed by atoms with E-state index in [1.807, 2.05) is 0 Å². The van der Waals surface area contributed by atoms with E-state index in [1.165, 1.54) is 0 Å². The summed E-state index contributed by atoms with van der Waals surface area (Å²) in [6.45, 7) is 4.24. The lowest BCUT2D eigenvalue weighted by Crippen LogP contribution is -2.46. The van der Waals surface area contributed by atoms with Crippen LogP contribution >= 0.6 is 0 Å². The van der Waals surface area contributed by atoms with Crippen molar-refractivity contribution in [1.82, 2.24) is 25.1 Å². The van der Waals surface area contributed by atoms with Crippen LogP contribution in [-0.4, -0.2) is 79.0 Å². The van der Waals surface area contributed by atoms with Gasteiger partial charge in [0.05, 0.1) is 5.56 Å². The van der Waals surface area contributed by atoms with Gasteiger partial charge in [-0.2, -0.15) is 0 Å². The van der Waals surface area contributed by atoms with Crippen LogP contribution in [0.1, 0.15) is 23.2 Å². The molecular formula is C15H26N6O. The van der Waals surface area contributed by atoms with Gasteiger partial charge in [-0.05, 0) is 26.9 Å². The molecule has 1 aromatic heterocycles. The van der Waals surface area contributed by atoms with Gasteiger partial charge in [-0.1, -0.05) is 0 Å². The van der Waals surface area contributed by atoms with Crippen molar-refractivity contribution in [1.29, 1.82) is 0 Å². The van der Waals surface area contributed by atoms with Crippen molar-refractivity contribution in [2.45, 2.75) is 18.9 Å². The monoisotopic (exact) mass is 306 g/mol. The molecule has 22 heavy (non-hydrogen) atoms. The van der Waals surface area contributed by atoms with Crippen molar-refractivity contribution >= 4 is 11.9 Å². The first-order chi connectivity index (χ1) is 10.6. The molecule has 1 aromatic rings. The molecule has 0 radical (unpaired) electrons. The van der Waals surface area contributed by atoms with Crippen LogP contribution in [0.5, 0.6) is 0 Å². The highest BCUT2D eigenvalue weighted by Crippen LogP contribution is 2.11. The second-order valence-electron chi connectivity index (χ2n) is 5.94. The summed E-state index contributed by atoms with van der Waals surface area (Å²) in [5.41, 5.74) is 0.508. The Morgan fingerprint density at radius 3 is 2.50 bits per heavy atom. The first-order valence-electron chi connectivity index (χ1n) is 7.76. The molecule has 1 saturated heterocycles. The Balaban J connectivity index is 1.76. The minimum atomic E-state index is -0.0885. The summed E-state index contributed by atoms with van der Waals surface area (Å²) in [6.07, 6.45) is 5.10. The number of likely N-dealkylation sites (tertiary alicyclic amines) is 1. The van der Waals surface area contributed by atoms with E-state index in [4.69, 9.17) is 0 Å². The maximum absolute atomic E-state index is 12.2. The molecule has 122 valence electrons. The van der Waals surface area contributed by atoms with Crippen molar-refractivity contribution in [2.24, 2.45) is 0 Å². The van der Waals surface area contributed by atoms with Gasteiger partial charge in [0.1, 0.15) is 0 Å². The van der Waals surface area contributed by atoms with Crippen molar-refractivity contribution in [3.05, 3.63) is 18.0 Å². The second-order valence-corrected chi connectivity index (χ2v) is 5.94. The Labute approximate surface area is 132 Å². The molecular weight excluding hydrogens is 280 g/mol. The Hall–Kier alpha value is -1.73. The highest BCUT2D eigenvalue weighted by Gasteiger charge is 2.21. The number of aromatic nitrogens is 2. The molecule has 0 unspecified atom stereocenters. The molecule has 1 aliphatic rings. The summed E-state index contributed by atoms with van der Waals surface area (Å²) in [6, 6.07) is 0.243. The zero-order valence-corrected chi connectivity index (χ0v) is 13.7. The quantitative estimate of drug-likeness (QED) is 0.786. The standard InChI is InChI=1S/C15H26N6O/c1-16-15-17-10-12(11-18-15)14(22)19-13-4-6-21(7-5-13)9-8-20(2)3/h10-11,13H,4-9H2,1-3H3,(H,19,22)(H,16,17,18). The van der Waals surface area contributed by atoms with E-state index in [0.29, 0.717) is 11.5 Å². The number of carbonyl (C=O) groups is 1. The van der Waals surface area contributed by atoms with E-state index in [0.717, 1.165) is 39.0 Å². The van der Waals surface area contributed by atoms with Gasteiger partial charge in [0.25, 0.3) is 5.91 Å². The van der Waals surface area contributed by atoms with E-state index >= 15 is 0 Å². The zero-order valence-electron chi connectivity index (χ0n) is 13.7. The molecule has 2 rings (SSSR count). The minimum absolute atomic E-state index is 0.0885. The molecule has 0 atom stereocenters. The second kappa shape index (κ2) is 8.05. The zero-order chi connectivity index (χ0) is 15.9. The Kier molecular flexibility index (Phi) is 6.09. The number of anilines is 1.